The van der Waals surface area contributed by atoms with Gasteiger partial charge >= 0.3 is 5.63 Å². The molecule has 1 fully saturated rings. The second-order valence-corrected chi connectivity index (χ2v) is 7.45. The summed E-state index contributed by atoms with van der Waals surface area (Å²) in [5.41, 5.74) is 1.20. The molecule has 5 nitrogen and oxygen atoms in total. The van der Waals surface area contributed by atoms with Crippen LogP contribution in [0.15, 0.2) is 37.9 Å². The molecule has 2 aromatic rings. The van der Waals surface area contributed by atoms with Gasteiger partial charge in [-0.3, -0.25) is 9.69 Å². The van der Waals surface area contributed by atoms with Crippen molar-refractivity contribution < 1.29 is 9.21 Å². The molecule has 1 amide bonds. The monoisotopic (exact) mass is 392 g/mol. The van der Waals surface area contributed by atoms with Crippen molar-refractivity contribution in [3.8, 4) is 0 Å². The SMILES string of the molecule is CN(C)C(=O)C1CCCN(Cc2cc(=O)oc3cc(Br)ccc23)C1. The molecule has 0 spiro atoms. The van der Waals surface area contributed by atoms with Crippen LogP contribution in [0.3, 0.4) is 0 Å². The van der Waals surface area contributed by atoms with E-state index in [9.17, 15) is 9.59 Å². The molecular formula is C18H21BrN2O3. The highest BCUT2D eigenvalue weighted by molar-refractivity contribution is 9.10. The Morgan fingerprint density at radius 2 is 2.17 bits per heavy atom. The first-order valence-corrected chi connectivity index (χ1v) is 8.89. The number of benzene rings is 1. The number of carbonyl (C=O) groups excluding carboxylic acids is 1. The zero-order valence-electron chi connectivity index (χ0n) is 13.9. The van der Waals surface area contributed by atoms with E-state index in [1.54, 1.807) is 25.1 Å². The van der Waals surface area contributed by atoms with Crippen molar-refractivity contribution in [1.29, 1.82) is 0 Å². The van der Waals surface area contributed by atoms with Gasteiger partial charge in [-0.1, -0.05) is 15.9 Å². The molecule has 1 aliphatic rings. The van der Waals surface area contributed by atoms with Crippen molar-refractivity contribution in [2.75, 3.05) is 27.2 Å². The Morgan fingerprint density at radius 1 is 1.38 bits per heavy atom. The lowest BCUT2D eigenvalue weighted by molar-refractivity contribution is -0.134. The highest BCUT2D eigenvalue weighted by atomic mass is 79.9. The van der Waals surface area contributed by atoms with Crippen LogP contribution in [0.4, 0.5) is 0 Å². The number of amides is 1. The normalized spacial score (nSPS) is 18.7. The summed E-state index contributed by atoms with van der Waals surface area (Å²) < 4.78 is 6.18. The zero-order chi connectivity index (χ0) is 17.3. The quantitative estimate of drug-likeness (QED) is 0.753. The molecule has 2 heterocycles. The van der Waals surface area contributed by atoms with E-state index in [1.165, 1.54) is 0 Å². The number of rotatable bonds is 3. The Balaban J connectivity index is 1.84. The molecule has 3 rings (SSSR count). The standard InChI is InChI=1S/C18H21BrN2O3/c1-20(2)18(23)12-4-3-7-21(10-12)11-13-8-17(22)24-16-9-14(19)5-6-15(13)16/h5-6,8-9,12H,3-4,7,10-11H2,1-2H3. The topological polar surface area (TPSA) is 53.8 Å². The van der Waals surface area contributed by atoms with E-state index in [0.717, 1.165) is 41.4 Å². The third kappa shape index (κ3) is 3.70. The average molecular weight is 393 g/mol. The van der Waals surface area contributed by atoms with Crippen LogP contribution in [0.5, 0.6) is 0 Å². The molecule has 128 valence electrons. The van der Waals surface area contributed by atoms with E-state index in [2.05, 4.69) is 20.8 Å². The lowest BCUT2D eigenvalue weighted by Gasteiger charge is -2.33. The van der Waals surface area contributed by atoms with Gasteiger partial charge in [0.1, 0.15) is 5.58 Å². The van der Waals surface area contributed by atoms with Gasteiger partial charge in [-0.25, -0.2) is 4.79 Å². The Kier molecular flexibility index (Phi) is 5.06. The molecule has 0 radical (unpaired) electrons. The van der Waals surface area contributed by atoms with Crippen molar-refractivity contribution in [2.24, 2.45) is 5.92 Å². The van der Waals surface area contributed by atoms with E-state index >= 15 is 0 Å². The van der Waals surface area contributed by atoms with E-state index in [0.29, 0.717) is 12.1 Å². The first-order valence-electron chi connectivity index (χ1n) is 8.10. The minimum atomic E-state index is -0.339. The van der Waals surface area contributed by atoms with E-state index in [4.69, 9.17) is 4.42 Å². The Labute approximate surface area is 149 Å². The molecule has 0 N–H and O–H groups in total. The van der Waals surface area contributed by atoms with Crippen LogP contribution in [-0.2, 0) is 11.3 Å². The van der Waals surface area contributed by atoms with Crippen LogP contribution in [0.25, 0.3) is 11.0 Å². The Hall–Kier alpha value is -1.66. The third-order valence-corrected chi connectivity index (χ3v) is 4.97. The minimum Gasteiger partial charge on any atom is -0.423 e. The first kappa shape index (κ1) is 17.2. The van der Waals surface area contributed by atoms with E-state index < -0.39 is 0 Å². The molecule has 6 heteroatoms. The van der Waals surface area contributed by atoms with Gasteiger partial charge in [-0.05, 0) is 43.1 Å². The van der Waals surface area contributed by atoms with Gasteiger partial charge in [0.2, 0.25) is 5.91 Å². The van der Waals surface area contributed by atoms with Gasteiger partial charge in [0, 0.05) is 43.1 Å². The Bertz CT molecular complexity index is 816. The van der Waals surface area contributed by atoms with Crippen LogP contribution in [0.1, 0.15) is 18.4 Å². The summed E-state index contributed by atoms with van der Waals surface area (Å²) >= 11 is 3.40. The van der Waals surface area contributed by atoms with Crippen molar-refractivity contribution in [1.82, 2.24) is 9.80 Å². The van der Waals surface area contributed by atoms with Gasteiger partial charge in [-0.15, -0.1) is 0 Å². The number of nitrogens with zero attached hydrogens (tertiary/aromatic N) is 2. The molecule has 24 heavy (non-hydrogen) atoms. The fourth-order valence-electron chi connectivity index (χ4n) is 3.34. The Morgan fingerprint density at radius 3 is 2.92 bits per heavy atom. The summed E-state index contributed by atoms with van der Waals surface area (Å²) in [6, 6.07) is 7.28. The van der Waals surface area contributed by atoms with Gasteiger partial charge in [0.25, 0.3) is 0 Å². The van der Waals surface area contributed by atoms with Crippen molar-refractivity contribution in [2.45, 2.75) is 19.4 Å². The van der Waals surface area contributed by atoms with Crippen LogP contribution >= 0.6 is 15.9 Å². The number of hydrogen-bond acceptors (Lipinski definition) is 4. The second-order valence-electron chi connectivity index (χ2n) is 6.54. The summed E-state index contributed by atoms with van der Waals surface area (Å²) in [5, 5.41) is 0.943. The predicted molar refractivity (Wildman–Crippen MR) is 96.9 cm³/mol. The van der Waals surface area contributed by atoms with Gasteiger partial charge < -0.3 is 9.32 Å². The summed E-state index contributed by atoms with van der Waals surface area (Å²) in [4.78, 5) is 28.0. The molecule has 1 aliphatic heterocycles. The smallest absolute Gasteiger partial charge is 0.336 e. The fraction of sp³-hybridized carbons (Fsp3) is 0.444. The van der Waals surface area contributed by atoms with E-state index in [-0.39, 0.29) is 17.5 Å². The molecule has 0 bridgehead atoms. The van der Waals surface area contributed by atoms with Crippen molar-refractivity contribution >= 4 is 32.8 Å². The maximum atomic E-state index is 12.2. The zero-order valence-corrected chi connectivity index (χ0v) is 15.5. The average Bonchev–Trinajstić information content (AvgIpc) is 2.53. The fourth-order valence-corrected chi connectivity index (χ4v) is 3.68. The molecule has 0 saturated carbocycles. The highest BCUT2D eigenvalue weighted by Gasteiger charge is 2.27. The minimum absolute atomic E-state index is 0.0364. The number of piperidine rings is 1. The van der Waals surface area contributed by atoms with Crippen LogP contribution in [-0.4, -0.2) is 42.9 Å². The lowest BCUT2D eigenvalue weighted by atomic mass is 9.96. The molecular weight excluding hydrogens is 372 g/mol. The number of hydrogen-bond donors (Lipinski definition) is 0. The second kappa shape index (κ2) is 7.07. The molecule has 1 aromatic heterocycles. The maximum absolute atomic E-state index is 12.2. The van der Waals surface area contributed by atoms with Crippen LogP contribution in [0, 0.1) is 5.92 Å². The van der Waals surface area contributed by atoms with Gasteiger partial charge in [0.05, 0.1) is 5.92 Å². The number of likely N-dealkylation sites (tertiary alicyclic amines) is 1. The largest absolute Gasteiger partial charge is 0.423 e. The molecule has 1 saturated heterocycles. The lowest BCUT2D eigenvalue weighted by Crippen LogP contribution is -2.42. The van der Waals surface area contributed by atoms with Gasteiger partial charge in [-0.2, -0.15) is 0 Å². The van der Waals surface area contributed by atoms with Crippen LogP contribution in [0.2, 0.25) is 0 Å². The summed E-state index contributed by atoms with van der Waals surface area (Å²) in [6.45, 7) is 2.33. The molecule has 1 atom stereocenters. The first-order chi connectivity index (χ1) is 11.4. The molecule has 0 aliphatic carbocycles. The molecule has 1 aromatic carbocycles. The van der Waals surface area contributed by atoms with E-state index in [1.807, 2.05) is 18.2 Å². The summed E-state index contributed by atoms with van der Waals surface area (Å²) in [7, 11) is 3.60. The van der Waals surface area contributed by atoms with Crippen molar-refractivity contribution in [3.63, 3.8) is 0 Å². The highest BCUT2D eigenvalue weighted by Crippen LogP contribution is 2.25. The summed E-state index contributed by atoms with van der Waals surface area (Å²) in [6.07, 6.45) is 1.92. The predicted octanol–water partition coefficient (Wildman–Crippen LogP) is 2.86. The van der Waals surface area contributed by atoms with Crippen LogP contribution < -0.4 is 5.63 Å². The number of halogens is 1. The van der Waals surface area contributed by atoms with Crippen molar-refractivity contribution in [3.05, 3.63) is 44.7 Å². The number of fused-ring (bicyclic) bond motifs is 1. The third-order valence-electron chi connectivity index (χ3n) is 4.48. The maximum Gasteiger partial charge on any atom is 0.336 e. The molecule has 1 unspecified atom stereocenters. The summed E-state index contributed by atoms with van der Waals surface area (Å²) in [5.74, 6) is 0.218. The number of carbonyl (C=O) groups is 1. The van der Waals surface area contributed by atoms with Gasteiger partial charge in [0.15, 0.2) is 0 Å².